The Balaban J connectivity index is 0.000001000. The van der Waals surface area contributed by atoms with Gasteiger partial charge >= 0.3 is 0 Å². The first-order chi connectivity index (χ1) is 4.84. The Kier molecular flexibility index (Phi) is 5.61. The van der Waals surface area contributed by atoms with Gasteiger partial charge in [-0.25, -0.2) is 0 Å². The summed E-state index contributed by atoms with van der Waals surface area (Å²) in [6.45, 7) is 3.71. The van der Waals surface area contributed by atoms with Crippen LogP contribution in [-0.4, -0.2) is 6.04 Å². The van der Waals surface area contributed by atoms with Crippen molar-refractivity contribution in [3.8, 4) is 0 Å². The number of halogens is 1. The average molecular weight is 176 g/mol. The van der Waals surface area contributed by atoms with Crippen LogP contribution < -0.4 is 5.73 Å². The van der Waals surface area contributed by atoms with E-state index in [1.165, 1.54) is 32.1 Å². The lowest BCUT2D eigenvalue weighted by molar-refractivity contribution is 0.332. The first-order valence-electron chi connectivity index (χ1n) is 4.22. The molecular weight excluding hydrogens is 158 g/mol. The van der Waals surface area contributed by atoms with Crippen molar-refractivity contribution >= 4 is 12.4 Å². The summed E-state index contributed by atoms with van der Waals surface area (Å²) in [5.74, 6) is 0.728. The minimum absolute atomic E-state index is 0. The molecule has 1 nitrogen and oxygen atoms in total. The van der Waals surface area contributed by atoms with Crippen LogP contribution in [0.5, 0.6) is 0 Å². The van der Waals surface area contributed by atoms with E-state index in [2.05, 4.69) is 6.58 Å². The summed E-state index contributed by atoms with van der Waals surface area (Å²) in [7, 11) is 0. The van der Waals surface area contributed by atoms with Crippen LogP contribution >= 0.6 is 12.4 Å². The van der Waals surface area contributed by atoms with Gasteiger partial charge in [0.25, 0.3) is 0 Å². The Morgan fingerprint density at radius 1 is 1.27 bits per heavy atom. The van der Waals surface area contributed by atoms with Crippen LogP contribution in [0.25, 0.3) is 0 Å². The van der Waals surface area contributed by atoms with Gasteiger partial charge in [0.1, 0.15) is 0 Å². The second kappa shape index (κ2) is 5.62. The molecule has 1 fully saturated rings. The smallest absolute Gasteiger partial charge is 0.0249 e. The van der Waals surface area contributed by atoms with E-state index in [1.54, 1.807) is 0 Å². The highest BCUT2D eigenvalue weighted by atomic mass is 35.5. The fourth-order valence-electron chi connectivity index (χ4n) is 1.71. The standard InChI is InChI=1S/C9H17N.ClH/c1-2-9(10)8-6-4-3-5-7-8;/h2,8-9H,1,3-7,10H2;1H. The third kappa shape index (κ3) is 3.26. The van der Waals surface area contributed by atoms with Gasteiger partial charge in [0.2, 0.25) is 0 Å². The maximum absolute atomic E-state index is 5.83. The summed E-state index contributed by atoms with van der Waals surface area (Å²) in [5.41, 5.74) is 5.83. The van der Waals surface area contributed by atoms with E-state index in [-0.39, 0.29) is 18.4 Å². The van der Waals surface area contributed by atoms with Crippen molar-refractivity contribution in [2.75, 3.05) is 0 Å². The lowest BCUT2D eigenvalue weighted by atomic mass is 9.84. The molecule has 0 aliphatic heterocycles. The number of hydrogen-bond acceptors (Lipinski definition) is 1. The predicted octanol–water partition coefficient (Wildman–Crippen LogP) is 2.50. The molecule has 1 rings (SSSR count). The molecule has 0 spiro atoms. The van der Waals surface area contributed by atoms with E-state index in [0.29, 0.717) is 0 Å². The quantitative estimate of drug-likeness (QED) is 0.642. The second-order valence-corrected chi connectivity index (χ2v) is 3.21. The van der Waals surface area contributed by atoms with Crippen LogP contribution in [0.15, 0.2) is 12.7 Å². The largest absolute Gasteiger partial charge is 0.324 e. The van der Waals surface area contributed by atoms with Crippen LogP contribution in [-0.2, 0) is 0 Å². The normalized spacial score (nSPS) is 21.9. The van der Waals surface area contributed by atoms with Gasteiger partial charge in [0.15, 0.2) is 0 Å². The Hall–Kier alpha value is -0.0100. The Labute approximate surface area is 75.5 Å². The molecule has 1 aliphatic carbocycles. The average Bonchev–Trinajstić information content (AvgIpc) is 2.05. The van der Waals surface area contributed by atoms with Crippen molar-refractivity contribution in [3.63, 3.8) is 0 Å². The first-order valence-corrected chi connectivity index (χ1v) is 4.22. The second-order valence-electron chi connectivity index (χ2n) is 3.21. The van der Waals surface area contributed by atoms with Gasteiger partial charge < -0.3 is 5.73 Å². The predicted molar refractivity (Wildman–Crippen MR) is 52.0 cm³/mol. The molecule has 0 heterocycles. The first kappa shape index (κ1) is 11.0. The fraction of sp³-hybridized carbons (Fsp3) is 0.778. The summed E-state index contributed by atoms with van der Waals surface area (Å²) in [6.07, 6.45) is 8.65. The van der Waals surface area contributed by atoms with E-state index in [9.17, 15) is 0 Å². The molecule has 2 N–H and O–H groups in total. The molecule has 66 valence electrons. The van der Waals surface area contributed by atoms with Crippen LogP contribution in [0.3, 0.4) is 0 Å². The Bertz CT molecular complexity index is 108. The van der Waals surface area contributed by atoms with E-state index >= 15 is 0 Å². The molecule has 1 saturated carbocycles. The molecule has 0 aromatic heterocycles. The SMILES string of the molecule is C=CC(N)C1CCCCC1.Cl. The number of nitrogens with two attached hydrogens (primary N) is 1. The van der Waals surface area contributed by atoms with Gasteiger partial charge in [-0.1, -0.05) is 25.3 Å². The molecule has 0 amide bonds. The maximum Gasteiger partial charge on any atom is 0.0249 e. The lowest BCUT2D eigenvalue weighted by Crippen LogP contribution is -2.29. The molecule has 1 unspecified atom stereocenters. The zero-order valence-electron chi connectivity index (χ0n) is 6.96. The zero-order valence-corrected chi connectivity index (χ0v) is 7.78. The molecule has 0 bridgehead atoms. The Morgan fingerprint density at radius 2 is 1.82 bits per heavy atom. The van der Waals surface area contributed by atoms with Gasteiger partial charge in [-0.3, -0.25) is 0 Å². The third-order valence-corrected chi connectivity index (χ3v) is 2.47. The van der Waals surface area contributed by atoms with Crippen LogP contribution in [0.4, 0.5) is 0 Å². The monoisotopic (exact) mass is 175 g/mol. The Morgan fingerprint density at radius 3 is 2.27 bits per heavy atom. The van der Waals surface area contributed by atoms with Crippen LogP contribution in [0, 0.1) is 5.92 Å². The topological polar surface area (TPSA) is 26.0 Å². The van der Waals surface area contributed by atoms with Gasteiger partial charge in [-0.2, -0.15) is 0 Å². The summed E-state index contributed by atoms with van der Waals surface area (Å²) < 4.78 is 0. The van der Waals surface area contributed by atoms with Crippen LogP contribution in [0.1, 0.15) is 32.1 Å². The zero-order chi connectivity index (χ0) is 7.40. The highest BCUT2D eigenvalue weighted by molar-refractivity contribution is 5.85. The van der Waals surface area contributed by atoms with E-state index in [0.717, 1.165) is 5.92 Å². The van der Waals surface area contributed by atoms with Crippen molar-refractivity contribution in [2.45, 2.75) is 38.1 Å². The molecule has 0 aromatic carbocycles. The van der Waals surface area contributed by atoms with E-state index in [1.807, 2.05) is 6.08 Å². The van der Waals surface area contributed by atoms with Crippen molar-refractivity contribution in [1.82, 2.24) is 0 Å². The molecular formula is C9H18ClN. The van der Waals surface area contributed by atoms with Gasteiger partial charge in [0, 0.05) is 6.04 Å². The van der Waals surface area contributed by atoms with Crippen molar-refractivity contribution in [1.29, 1.82) is 0 Å². The van der Waals surface area contributed by atoms with E-state index in [4.69, 9.17) is 5.73 Å². The third-order valence-electron chi connectivity index (χ3n) is 2.47. The molecule has 1 atom stereocenters. The minimum atomic E-state index is 0. The van der Waals surface area contributed by atoms with Gasteiger partial charge in [0.05, 0.1) is 0 Å². The molecule has 2 heteroatoms. The molecule has 0 aromatic rings. The summed E-state index contributed by atoms with van der Waals surface area (Å²) in [6, 6.07) is 0.250. The summed E-state index contributed by atoms with van der Waals surface area (Å²) >= 11 is 0. The van der Waals surface area contributed by atoms with Gasteiger partial charge in [-0.15, -0.1) is 19.0 Å². The van der Waals surface area contributed by atoms with Crippen molar-refractivity contribution in [3.05, 3.63) is 12.7 Å². The van der Waals surface area contributed by atoms with E-state index < -0.39 is 0 Å². The highest BCUT2D eigenvalue weighted by Crippen LogP contribution is 2.25. The molecule has 0 radical (unpaired) electrons. The molecule has 0 saturated heterocycles. The van der Waals surface area contributed by atoms with Gasteiger partial charge in [-0.05, 0) is 18.8 Å². The highest BCUT2D eigenvalue weighted by Gasteiger charge is 2.17. The van der Waals surface area contributed by atoms with Crippen molar-refractivity contribution in [2.24, 2.45) is 11.7 Å². The minimum Gasteiger partial charge on any atom is -0.324 e. The fourth-order valence-corrected chi connectivity index (χ4v) is 1.71. The summed E-state index contributed by atoms with van der Waals surface area (Å²) in [4.78, 5) is 0. The molecule has 1 aliphatic rings. The molecule has 11 heavy (non-hydrogen) atoms. The maximum atomic E-state index is 5.83. The van der Waals surface area contributed by atoms with Crippen LogP contribution in [0.2, 0.25) is 0 Å². The number of rotatable bonds is 2. The van der Waals surface area contributed by atoms with Crippen molar-refractivity contribution < 1.29 is 0 Å². The summed E-state index contributed by atoms with van der Waals surface area (Å²) in [5, 5.41) is 0. The lowest BCUT2D eigenvalue weighted by Gasteiger charge is -2.24. The number of hydrogen-bond donors (Lipinski definition) is 1.